The zero-order valence-electron chi connectivity index (χ0n) is 12.6. The lowest BCUT2D eigenvalue weighted by atomic mass is 10.0. The summed E-state index contributed by atoms with van der Waals surface area (Å²) in [4.78, 5) is 4.75. The highest BCUT2D eigenvalue weighted by Gasteiger charge is 2.23. The Morgan fingerprint density at radius 2 is 2.24 bits per heavy atom. The van der Waals surface area contributed by atoms with E-state index in [4.69, 9.17) is 10.9 Å². The lowest BCUT2D eigenvalue weighted by Crippen LogP contribution is -2.51. The van der Waals surface area contributed by atoms with Crippen molar-refractivity contribution in [3.63, 3.8) is 0 Å². The molecule has 1 fully saturated rings. The summed E-state index contributed by atoms with van der Waals surface area (Å²) in [5.41, 5.74) is 6.99. The van der Waals surface area contributed by atoms with Gasteiger partial charge in [-0.2, -0.15) is 0 Å². The maximum absolute atomic E-state index is 13.4. The van der Waals surface area contributed by atoms with Gasteiger partial charge in [0.05, 0.1) is 0 Å². The zero-order valence-corrected chi connectivity index (χ0v) is 12.6. The Morgan fingerprint density at radius 3 is 2.86 bits per heavy atom. The Morgan fingerprint density at radius 1 is 1.48 bits per heavy atom. The molecule has 1 aromatic rings. The van der Waals surface area contributed by atoms with Gasteiger partial charge in [-0.15, -0.1) is 0 Å². The maximum Gasteiger partial charge on any atom is 0.170 e. The molecule has 116 valence electrons. The fourth-order valence-corrected chi connectivity index (χ4v) is 2.90. The average molecular weight is 294 g/mol. The molecule has 1 heterocycles. The van der Waals surface area contributed by atoms with Crippen LogP contribution in [-0.2, 0) is 6.54 Å². The number of benzene rings is 1. The highest BCUT2D eigenvalue weighted by atomic mass is 19.1. The number of oxime groups is 1. The van der Waals surface area contributed by atoms with Gasteiger partial charge in [-0.1, -0.05) is 18.1 Å². The van der Waals surface area contributed by atoms with Crippen LogP contribution < -0.4 is 5.73 Å². The van der Waals surface area contributed by atoms with Crippen LogP contribution in [0.4, 0.5) is 4.39 Å². The molecule has 0 saturated carbocycles. The molecule has 0 spiro atoms. The Labute approximate surface area is 124 Å². The van der Waals surface area contributed by atoms with Crippen molar-refractivity contribution in [3.05, 3.63) is 35.1 Å². The minimum atomic E-state index is -0.385. The quantitative estimate of drug-likeness (QED) is 0.382. The molecule has 0 aliphatic carbocycles. The van der Waals surface area contributed by atoms with Crippen molar-refractivity contribution < 1.29 is 9.60 Å². The minimum absolute atomic E-state index is 0.0512. The Kier molecular flexibility index (Phi) is 5.14. The van der Waals surface area contributed by atoms with Gasteiger partial charge in [0.15, 0.2) is 5.84 Å². The van der Waals surface area contributed by atoms with E-state index in [9.17, 15) is 4.39 Å². The lowest BCUT2D eigenvalue weighted by molar-refractivity contribution is 0.0834. The normalized spacial score (nSPS) is 21.7. The molecule has 0 amide bonds. The molecule has 5 nitrogen and oxygen atoms in total. The molecule has 1 aliphatic rings. The molecule has 6 heteroatoms. The highest BCUT2D eigenvalue weighted by Crippen LogP contribution is 2.17. The van der Waals surface area contributed by atoms with E-state index >= 15 is 0 Å². The first-order valence-electron chi connectivity index (χ1n) is 7.27. The summed E-state index contributed by atoms with van der Waals surface area (Å²) < 4.78 is 13.4. The summed E-state index contributed by atoms with van der Waals surface area (Å²) >= 11 is 0. The molecule has 1 atom stereocenters. The first-order chi connectivity index (χ1) is 10.0. The van der Waals surface area contributed by atoms with Crippen molar-refractivity contribution >= 4 is 5.84 Å². The first kappa shape index (κ1) is 15.7. The second-order valence-corrected chi connectivity index (χ2v) is 5.50. The van der Waals surface area contributed by atoms with Crippen LogP contribution in [0.25, 0.3) is 0 Å². The predicted molar refractivity (Wildman–Crippen MR) is 80.9 cm³/mol. The van der Waals surface area contributed by atoms with Gasteiger partial charge in [0.2, 0.25) is 0 Å². The number of hydrogen-bond donors (Lipinski definition) is 2. The van der Waals surface area contributed by atoms with Crippen molar-refractivity contribution in [2.24, 2.45) is 10.9 Å². The molecule has 0 radical (unpaired) electrons. The maximum atomic E-state index is 13.4. The zero-order chi connectivity index (χ0) is 15.4. The first-order valence-corrected chi connectivity index (χ1v) is 7.27. The SMILES string of the molecule is CCN1CCN(Cc2ccc(F)cc2C(N)=NO)CC1C. The van der Waals surface area contributed by atoms with E-state index < -0.39 is 0 Å². The number of nitrogens with two attached hydrogens (primary N) is 1. The van der Waals surface area contributed by atoms with Gasteiger partial charge < -0.3 is 10.9 Å². The summed E-state index contributed by atoms with van der Waals surface area (Å²) in [6, 6.07) is 4.93. The molecule has 1 unspecified atom stereocenters. The van der Waals surface area contributed by atoms with Crippen molar-refractivity contribution in [1.82, 2.24) is 9.80 Å². The van der Waals surface area contributed by atoms with Gasteiger partial charge in [-0.05, 0) is 31.2 Å². The number of nitrogens with zero attached hydrogens (tertiary/aromatic N) is 3. The second-order valence-electron chi connectivity index (χ2n) is 5.50. The molecular weight excluding hydrogens is 271 g/mol. The van der Waals surface area contributed by atoms with Crippen LogP contribution in [0.5, 0.6) is 0 Å². The van der Waals surface area contributed by atoms with Crippen LogP contribution in [0, 0.1) is 5.82 Å². The average Bonchev–Trinajstić information content (AvgIpc) is 2.48. The van der Waals surface area contributed by atoms with Crippen LogP contribution in [-0.4, -0.2) is 53.1 Å². The van der Waals surface area contributed by atoms with E-state index in [0.717, 1.165) is 31.7 Å². The van der Waals surface area contributed by atoms with Crippen LogP contribution >= 0.6 is 0 Å². The van der Waals surface area contributed by atoms with E-state index in [1.165, 1.54) is 12.1 Å². The van der Waals surface area contributed by atoms with Crippen molar-refractivity contribution in [3.8, 4) is 0 Å². The molecule has 3 N–H and O–H groups in total. The van der Waals surface area contributed by atoms with E-state index in [0.29, 0.717) is 18.2 Å². The van der Waals surface area contributed by atoms with Crippen LogP contribution in [0.15, 0.2) is 23.4 Å². The van der Waals surface area contributed by atoms with Crippen molar-refractivity contribution in [1.29, 1.82) is 0 Å². The lowest BCUT2D eigenvalue weighted by Gasteiger charge is -2.39. The second kappa shape index (κ2) is 6.87. The third-order valence-corrected chi connectivity index (χ3v) is 4.10. The number of likely N-dealkylation sites (N-methyl/N-ethyl adjacent to an activating group) is 1. The monoisotopic (exact) mass is 294 g/mol. The summed E-state index contributed by atoms with van der Waals surface area (Å²) in [6.07, 6.45) is 0. The van der Waals surface area contributed by atoms with Crippen molar-refractivity contribution in [2.75, 3.05) is 26.2 Å². The Bertz CT molecular complexity index is 520. The van der Waals surface area contributed by atoms with Gasteiger partial charge >= 0.3 is 0 Å². The third-order valence-electron chi connectivity index (χ3n) is 4.10. The van der Waals surface area contributed by atoms with Gasteiger partial charge in [0, 0.05) is 37.8 Å². The summed E-state index contributed by atoms with van der Waals surface area (Å²) in [7, 11) is 0. The van der Waals surface area contributed by atoms with Crippen LogP contribution in [0.2, 0.25) is 0 Å². The number of halogens is 1. The van der Waals surface area contributed by atoms with Gasteiger partial charge in [-0.3, -0.25) is 9.80 Å². The number of amidine groups is 1. The van der Waals surface area contributed by atoms with E-state index in [-0.39, 0.29) is 11.7 Å². The highest BCUT2D eigenvalue weighted by molar-refractivity contribution is 5.98. The molecule has 1 aromatic carbocycles. The number of piperazine rings is 1. The molecule has 0 bridgehead atoms. The molecule has 2 rings (SSSR count). The predicted octanol–water partition coefficient (Wildman–Crippen LogP) is 1.45. The minimum Gasteiger partial charge on any atom is -0.409 e. The fraction of sp³-hybridized carbons (Fsp3) is 0.533. The Balaban J connectivity index is 2.13. The molecule has 1 saturated heterocycles. The van der Waals surface area contributed by atoms with Gasteiger partial charge in [0.25, 0.3) is 0 Å². The smallest absolute Gasteiger partial charge is 0.170 e. The van der Waals surface area contributed by atoms with E-state index in [1.807, 2.05) is 0 Å². The summed E-state index contributed by atoms with van der Waals surface area (Å²) in [5.74, 6) is -0.436. The van der Waals surface area contributed by atoms with E-state index in [1.54, 1.807) is 6.07 Å². The number of hydrogen-bond acceptors (Lipinski definition) is 4. The molecule has 1 aliphatic heterocycles. The third kappa shape index (κ3) is 3.71. The van der Waals surface area contributed by atoms with Crippen molar-refractivity contribution in [2.45, 2.75) is 26.4 Å². The van der Waals surface area contributed by atoms with E-state index in [2.05, 4.69) is 28.8 Å². The van der Waals surface area contributed by atoms with Crippen LogP contribution in [0.1, 0.15) is 25.0 Å². The Hall–Kier alpha value is -1.66. The summed E-state index contributed by atoms with van der Waals surface area (Å²) in [6.45, 7) is 9.06. The standard InChI is InChI=1S/C15H23FN4O/c1-3-20-7-6-19(9-11(20)2)10-12-4-5-13(16)8-14(12)15(17)18-21/h4-5,8,11,21H,3,6-7,9-10H2,1-2H3,(H2,17,18). The fourth-order valence-electron chi connectivity index (χ4n) is 2.90. The number of rotatable bonds is 4. The molecule has 0 aromatic heterocycles. The molecular formula is C15H23FN4O. The van der Waals surface area contributed by atoms with Gasteiger partial charge in [-0.25, -0.2) is 4.39 Å². The van der Waals surface area contributed by atoms with Crippen LogP contribution in [0.3, 0.4) is 0 Å². The molecule has 21 heavy (non-hydrogen) atoms. The topological polar surface area (TPSA) is 65.1 Å². The summed E-state index contributed by atoms with van der Waals surface area (Å²) in [5, 5.41) is 11.8. The largest absolute Gasteiger partial charge is 0.409 e. The van der Waals surface area contributed by atoms with Gasteiger partial charge in [0.1, 0.15) is 5.82 Å².